The first-order valence-electron chi connectivity index (χ1n) is 5.18. The predicted molar refractivity (Wildman–Crippen MR) is 68.0 cm³/mol. The van der Waals surface area contributed by atoms with E-state index < -0.39 is 0 Å². The van der Waals surface area contributed by atoms with Crippen LogP contribution < -0.4 is 0 Å². The molecular formula is C12H15ClO2S. The van der Waals surface area contributed by atoms with Gasteiger partial charge in [-0.1, -0.05) is 24.6 Å². The van der Waals surface area contributed by atoms with Gasteiger partial charge in [0, 0.05) is 15.7 Å². The monoisotopic (exact) mass is 258 g/mol. The molecule has 0 bridgehead atoms. The Morgan fingerprint density at radius 3 is 2.94 bits per heavy atom. The summed E-state index contributed by atoms with van der Waals surface area (Å²) in [7, 11) is 0. The van der Waals surface area contributed by atoms with Crippen molar-refractivity contribution in [1.29, 1.82) is 0 Å². The second kappa shape index (κ2) is 6.81. The Labute approximate surface area is 105 Å². The third kappa shape index (κ3) is 4.45. The topological polar surface area (TPSA) is 26.3 Å². The van der Waals surface area contributed by atoms with Crippen molar-refractivity contribution in [3.05, 3.63) is 29.3 Å². The molecule has 2 nitrogen and oxygen atoms in total. The van der Waals surface area contributed by atoms with E-state index in [4.69, 9.17) is 16.3 Å². The molecule has 1 aromatic rings. The van der Waals surface area contributed by atoms with Crippen LogP contribution in [-0.4, -0.2) is 18.3 Å². The normalized spacial score (nSPS) is 12.2. The summed E-state index contributed by atoms with van der Waals surface area (Å²) in [5.41, 5.74) is 0. The van der Waals surface area contributed by atoms with Crippen LogP contribution >= 0.6 is 23.4 Å². The highest BCUT2D eigenvalue weighted by molar-refractivity contribution is 7.99. The van der Waals surface area contributed by atoms with Gasteiger partial charge in [0.15, 0.2) is 0 Å². The fourth-order valence-corrected chi connectivity index (χ4v) is 2.35. The molecule has 0 heterocycles. The van der Waals surface area contributed by atoms with E-state index in [0.29, 0.717) is 17.4 Å². The average molecular weight is 259 g/mol. The van der Waals surface area contributed by atoms with E-state index in [2.05, 4.69) is 0 Å². The molecule has 0 aliphatic carbocycles. The first-order valence-corrected chi connectivity index (χ1v) is 6.55. The van der Waals surface area contributed by atoms with Gasteiger partial charge in [0.1, 0.15) is 0 Å². The van der Waals surface area contributed by atoms with Gasteiger partial charge >= 0.3 is 5.97 Å². The summed E-state index contributed by atoms with van der Waals surface area (Å²) < 4.78 is 4.94. The van der Waals surface area contributed by atoms with Crippen molar-refractivity contribution >= 4 is 29.3 Å². The van der Waals surface area contributed by atoms with E-state index in [9.17, 15) is 4.79 Å². The first-order chi connectivity index (χ1) is 7.63. The lowest BCUT2D eigenvalue weighted by atomic mass is 10.2. The van der Waals surface area contributed by atoms with Crippen LogP contribution in [0.2, 0.25) is 5.02 Å². The maximum absolute atomic E-state index is 11.4. The number of esters is 1. The number of thioether (sulfide) groups is 1. The highest BCUT2D eigenvalue weighted by Gasteiger charge is 2.13. The van der Waals surface area contributed by atoms with Gasteiger partial charge in [0.05, 0.1) is 12.5 Å². The number of hydrogen-bond donors (Lipinski definition) is 0. The Hall–Kier alpha value is -0.670. The lowest BCUT2D eigenvalue weighted by molar-refractivity contribution is -0.146. The summed E-state index contributed by atoms with van der Waals surface area (Å²) in [6.45, 7) is 4.12. The van der Waals surface area contributed by atoms with E-state index in [1.165, 1.54) is 0 Å². The zero-order valence-corrected chi connectivity index (χ0v) is 11.0. The third-order valence-corrected chi connectivity index (χ3v) is 3.47. The molecular weight excluding hydrogens is 244 g/mol. The van der Waals surface area contributed by atoms with Crippen molar-refractivity contribution in [2.24, 2.45) is 5.92 Å². The molecule has 0 spiro atoms. The van der Waals surface area contributed by atoms with Gasteiger partial charge in [0.25, 0.3) is 0 Å². The van der Waals surface area contributed by atoms with Gasteiger partial charge in [-0.2, -0.15) is 0 Å². The number of halogens is 1. The van der Waals surface area contributed by atoms with Gasteiger partial charge in [0.2, 0.25) is 0 Å². The van der Waals surface area contributed by atoms with Gasteiger partial charge in [-0.15, -0.1) is 11.8 Å². The summed E-state index contributed by atoms with van der Waals surface area (Å²) in [6.07, 6.45) is 0. The average Bonchev–Trinajstić information content (AvgIpc) is 2.26. The molecule has 0 aromatic heterocycles. The molecule has 0 saturated heterocycles. The van der Waals surface area contributed by atoms with Crippen LogP contribution in [0.4, 0.5) is 0 Å². The summed E-state index contributed by atoms with van der Waals surface area (Å²) in [4.78, 5) is 12.4. The molecule has 1 rings (SSSR count). The molecule has 0 aliphatic rings. The summed E-state index contributed by atoms with van der Waals surface area (Å²) in [5.74, 6) is 0.472. The van der Waals surface area contributed by atoms with Crippen molar-refractivity contribution in [1.82, 2.24) is 0 Å². The van der Waals surface area contributed by atoms with Crippen molar-refractivity contribution in [3.63, 3.8) is 0 Å². The molecule has 0 amide bonds. The van der Waals surface area contributed by atoms with Crippen LogP contribution in [0, 0.1) is 5.92 Å². The van der Waals surface area contributed by atoms with Gasteiger partial charge in [-0.25, -0.2) is 0 Å². The number of carbonyl (C=O) groups is 1. The van der Waals surface area contributed by atoms with Gasteiger partial charge in [-0.3, -0.25) is 4.79 Å². The van der Waals surface area contributed by atoms with Crippen molar-refractivity contribution < 1.29 is 9.53 Å². The maximum atomic E-state index is 11.4. The van der Waals surface area contributed by atoms with Crippen LogP contribution in [0.3, 0.4) is 0 Å². The molecule has 16 heavy (non-hydrogen) atoms. The maximum Gasteiger partial charge on any atom is 0.309 e. The Bertz CT molecular complexity index is 355. The van der Waals surface area contributed by atoms with E-state index in [0.717, 1.165) is 4.90 Å². The molecule has 0 aliphatic heterocycles. The second-order valence-electron chi connectivity index (χ2n) is 3.42. The molecule has 4 heteroatoms. The summed E-state index contributed by atoms with van der Waals surface area (Å²) in [6, 6.07) is 7.61. The number of carbonyl (C=O) groups excluding carboxylic acids is 1. The molecule has 0 radical (unpaired) electrons. The van der Waals surface area contributed by atoms with Crippen LogP contribution in [0.5, 0.6) is 0 Å². The van der Waals surface area contributed by atoms with Gasteiger partial charge in [-0.05, 0) is 25.1 Å². The minimum atomic E-state index is -0.142. The molecule has 0 saturated carbocycles. The molecule has 88 valence electrons. The highest BCUT2D eigenvalue weighted by atomic mass is 35.5. The molecule has 0 fully saturated rings. The minimum Gasteiger partial charge on any atom is -0.466 e. The second-order valence-corrected chi connectivity index (χ2v) is 4.95. The van der Waals surface area contributed by atoms with E-state index in [1.807, 2.05) is 38.1 Å². The van der Waals surface area contributed by atoms with E-state index in [-0.39, 0.29) is 11.9 Å². The summed E-state index contributed by atoms with van der Waals surface area (Å²) in [5, 5.41) is 0.716. The van der Waals surface area contributed by atoms with Crippen LogP contribution in [0.25, 0.3) is 0 Å². The molecule has 1 aromatic carbocycles. The fraction of sp³-hybridized carbons (Fsp3) is 0.417. The van der Waals surface area contributed by atoms with Crippen LogP contribution in [-0.2, 0) is 9.53 Å². The highest BCUT2D eigenvalue weighted by Crippen LogP contribution is 2.23. The third-order valence-electron chi connectivity index (χ3n) is 1.99. The molecule has 0 N–H and O–H groups in total. The zero-order chi connectivity index (χ0) is 12.0. The first kappa shape index (κ1) is 13.4. The summed E-state index contributed by atoms with van der Waals surface area (Å²) >= 11 is 7.48. The number of ether oxygens (including phenoxy) is 1. The van der Waals surface area contributed by atoms with Gasteiger partial charge < -0.3 is 4.74 Å². The Kier molecular flexibility index (Phi) is 5.71. The fourth-order valence-electron chi connectivity index (χ4n) is 1.13. The SMILES string of the molecule is CCOC(=O)C(C)CSc1cccc(Cl)c1. The van der Waals surface area contributed by atoms with Crippen molar-refractivity contribution in [3.8, 4) is 0 Å². The van der Waals surface area contributed by atoms with Crippen LogP contribution in [0.1, 0.15) is 13.8 Å². The lowest BCUT2D eigenvalue weighted by Crippen LogP contribution is -2.16. The van der Waals surface area contributed by atoms with Crippen molar-refractivity contribution in [2.45, 2.75) is 18.7 Å². The lowest BCUT2D eigenvalue weighted by Gasteiger charge is -2.09. The molecule has 1 atom stereocenters. The molecule has 1 unspecified atom stereocenters. The standard InChI is InChI=1S/C12H15ClO2S/c1-3-15-12(14)9(2)8-16-11-6-4-5-10(13)7-11/h4-7,9H,3,8H2,1-2H3. The van der Waals surface area contributed by atoms with Crippen LogP contribution in [0.15, 0.2) is 29.2 Å². The van der Waals surface area contributed by atoms with E-state index >= 15 is 0 Å². The number of hydrogen-bond acceptors (Lipinski definition) is 3. The Morgan fingerprint density at radius 2 is 2.31 bits per heavy atom. The smallest absolute Gasteiger partial charge is 0.309 e. The Morgan fingerprint density at radius 1 is 1.56 bits per heavy atom. The predicted octanol–water partition coefficient (Wildman–Crippen LogP) is 3.63. The van der Waals surface area contributed by atoms with E-state index in [1.54, 1.807) is 11.8 Å². The minimum absolute atomic E-state index is 0.0936. The number of rotatable bonds is 5. The number of benzene rings is 1. The largest absolute Gasteiger partial charge is 0.466 e. The zero-order valence-electron chi connectivity index (χ0n) is 9.40. The Balaban J connectivity index is 2.42. The van der Waals surface area contributed by atoms with Crippen molar-refractivity contribution in [2.75, 3.05) is 12.4 Å². The quantitative estimate of drug-likeness (QED) is 0.596.